The Kier molecular flexibility index (Phi) is 4.63. The third-order valence-corrected chi connectivity index (χ3v) is 4.23. The summed E-state index contributed by atoms with van der Waals surface area (Å²) in [7, 11) is 0. The van der Waals surface area contributed by atoms with Crippen LogP contribution >= 0.6 is 0 Å². The molecular formula is C21H18N4O3. The Morgan fingerprint density at radius 1 is 1.14 bits per heavy atom. The summed E-state index contributed by atoms with van der Waals surface area (Å²) in [4.78, 5) is 28.8. The number of ether oxygens (including phenoxy) is 1. The quantitative estimate of drug-likeness (QED) is 0.562. The minimum absolute atomic E-state index is 0.263. The number of anilines is 1. The van der Waals surface area contributed by atoms with Crippen LogP contribution in [0.2, 0.25) is 0 Å². The van der Waals surface area contributed by atoms with Crippen LogP contribution < -0.4 is 15.6 Å². The number of carbonyl (C=O) groups excluding carboxylic acids is 1. The minimum atomic E-state index is -0.353. The minimum Gasteiger partial charge on any atom is -0.489 e. The van der Waals surface area contributed by atoms with Crippen molar-refractivity contribution in [2.45, 2.75) is 13.5 Å². The lowest BCUT2D eigenvalue weighted by molar-refractivity contribution is 0.102. The van der Waals surface area contributed by atoms with E-state index in [1.807, 2.05) is 30.3 Å². The zero-order chi connectivity index (χ0) is 19.5. The van der Waals surface area contributed by atoms with Gasteiger partial charge < -0.3 is 10.1 Å². The first-order valence-electron chi connectivity index (χ1n) is 8.76. The highest BCUT2D eigenvalue weighted by atomic mass is 16.5. The molecule has 0 fully saturated rings. The SMILES string of the molecule is Cc1cc(=O)n2[nH]cc(C(=O)Nc3ccc(OCc4ccccc4)cc3)c2n1. The summed E-state index contributed by atoms with van der Waals surface area (Å²) in [6, 6.07) is 18.4. The maximum Gasteiger partial charge on any atom is 0.272 e. The monoisotopic (exact) mass is 374 g/mol. The van der Waals surface area contributed by atoms with Crippen molar-refractivity contribution >= 4 is 17.2 Å². The number of aromatic nitrogens is 3. The number of hydrogen-bond donors (Lipinski definition) is 2. The van der Waals surface area contributed by atoms with Gasteiger partial charge in [-0.1, -0.05) is 30.3 Å². The van der Waals surface area contributed by atoms with E-state index in [1.54, 1.807) is 31.2 Å². The Hall–Kier alpha value is -3.87. The van der Waals surface area contributed by atoms with Crippen LogP contribution in [0.1, 0.15) is 21.6 Å². The third-order valence-electron chi connectivity index (χ3n) is 4.23. The van der Waals surface area contributed by atoms with Crippen LogP contribution in [0.15, 0.2) is 71.7 Å². The molecule has 2 N–H and O–H groups in total. The molecule has 140 valence electrons. The van der Waals surface area contributed by atoms with E-state index in [2.05, 4.69) is 15.4 Å². The van der Waals surface area contributed by atoms with Gasteiger partial charge in [0.1, 0.15) is 17.9 Å². The normalized spacial score (nSPS) is 10.8. The van der Waals surface area contributed by atoms with Gasteiger partial charge in [-0.05, 0) is 36.8 Å². The van der Waals surface area contributed by atoms with E-state index >= 15 is 0 Å². The van der Waals surface area contributed by atoms with Gasteiger partial charge >= 0.3 is 0 Å². The van der Waals surface area contributed by atoms with Crippen molar-refractivity contribution in [1.29, 1.82) is 0 Å². The fourth-order valence-electron chi connectivity index (χ4n) is 2.84. The van der Waals surface area contributed by atoms with Crippen LogP contribution in [-0.4, -0.2) is 20.5 Å². The van der Waals surface area contributed by atoms with E-state index < -0.39 is 0 Å². The van der Waals surface area contributed by atoms with Crippen molar-refractivity contribution in [3.8, 4) is 5.75 Å². The molecule has 0 unspecified atom stereocenters. The maximum absolute atomic E-state index is 12.6. The molecule has 0 spiro atoms. The molecule has 7 nitrogen and oxygen atoms in total. The molecule has 2 aromatic heterocycles. The van der Waals surface area contributed by atoms with Crippen LogP contribution in [0.5, 0.6) is 5.75 Å². The highest BCUT2D eigenvalue weighted by Gasteiger charge is 2.15. The predicted octanol–water partition coefficient (Wildman–Crippen LogP) is 3.16. The summed E-state index contributed by atoms with van der Waals surface area (Å²) >= 11 is 0. The molecule has 0 aliphatic heterocycles. The van der Waals surface area contributed by atoms with Gasteiger partial charge in [-0.15, -0.1) is 0 Å². The average molecular weight is 374 g/mol. The number of amides is 1. The number of aromatic amines is 1. The van der Waals surface area contributed by atoms with Crippen LogP contribution in [0.4, 0.5) is 5.69 Å². The lowest BCUT2D eigenvalue weighted by atomic mass is 10.2. The largest absolute Gasteiger partial charge is 0.489 e. The molecule has 0 saturated heterocycles. The molecule has 1 amide bonds. The summed E-state index contributed by atoms with van der Waals surface area (Å²) in [6.07, 6.45) is 1.47. The van der Waals surface area contributed by atoms with Crippen molar-refractivity contribution in [2.24, 2.45) is 0 Å². The van der Waals surface area contributed by atoms with E-state index in [-0.39, 0.29) is 11.5 Å². The summed E-state index contributed by atoms with van der Waals surface area (Å²) in [5, 5.41) is 5.56. The fraction of sp³-hybridized carbons (Fsp3) is 0.0952. The van der Waals surface area contributed by atoms with Gasteiger partial charge in [-0.25, -0.2) is 9.50 Å². The van der Waals surface area contributed by atoms with Crippen LogP contribution in [0.3, 0.4) is 0 Å². The number of nitrogens with one attached hydrogen (secondary N) is 2. The molecule has 4 aromatic rings. The molecule has 0 atom stereocenters. The van der Waals surface area contributed by atoms with Gasteiger partial charge in [0.2, 0.25) is 0 Å². The maximum atomic E-state index is 12.6. The highest BCUT2D eigenvalue weighted by molar-refractivity contribution is 6.08. The Morgan fingerprint density at radius 3 is 2.64 bits per heavy atom. The first kappa shape index (κ1) is 17.5. The summed E-state index contributed by atoms with van der Waals surface area (Å²) in [5.74, 6) is 0.354. The number of rotatable bonds is 5. The number of fused-ring (bicyclic) bond motifs is 1. The Labute approximate surface area is 160 Å². The van der Waals surface area contributed by atoms with Crippen LogP contribution in [-0.2, 0) is 6.61 Å². The Bertz CT molecular complexity index is 1180. The highest BCUT2D eigenvalue weighted by Crippen LogP contribution is 2.18. The molecule has 0 aliphatic rings. The molecular weight excluding hydrogens is 356 g/mol. The van der Waals surface area contributed by atoms with Crippen molar-refractivity contribution in [3.63, 3.8) is 0 Å². The van der Waals surface area contributed by atoms with E-state index in [0.29, 0.717) is 34.9 Å². The smallest absolute Gasteiger partial charge is 0.272 e. The van der Waals surface area contributed by atoms with Crippen molar-refractivity contribution in [3.05, 3.63) is 94.0 Å². The average Bonchev–Trinajstić information content (AvgIpc) is 3.12. The number of benzene rings is 2. The molecule has 0 radical (unpaired) electrons. The molecule has 2 heterocycles. The molecule has 0 bridgehead atoms. The zero-order valence-corrected chi connectivity index (χ0v) is 15.2. The zero-order valence-electron chi connectivity index (χ0n) is 15.2. The van der Waals surface area contributed by atoms with E-state index in [4.69, 9.17) is 4.74 Å². The third kappa shape index (κ3) is 3.64. The number of H-pyrrole nitrogens is 1. The summed E-state index contributed by atoms with van der Waals surface area (Å²) in [6.45, 7) is 2.19. The Morgan fingerprint density at radius 2 is 1.89 bits per heavy atom. The van der Waals surface area contributed by atoms with Gasteiger partial charge in [-0.3, -0.25) is 14.7 Å². The van der Waals surface area contributed by atoms with Gasteiger partial charge in [-0.2, -0.15) is 0 Å². The number of hydrogen-bond acceptors (Lipinski definition) is 4. The second kappa shape index (κ2) is 7.40. The molecule has 7 heteroatoms. The Balaban J connectivity index is 1.46. The molecule has 0 saturated carbocycles. The summed E-state index contributed by atoms with van der Waals surface area (Å²) < 4.78 is 6.98. The first-order valence-corrected chi connectivity index (χ1v) is 8.76. The second-order valence-corrected chi connectivity index (χ2v) is 6.33. The fourth-order valence-corrected chi connectivity index (χ4v) is 2.84. The lowest BCUT2D eigenvalue weighted by Gasteiger charge is -2.08. The van der Waals surface area contributed by atoms with Gasteiger partial charge in [0.25, 0.3) is 11.5 Å². The van der Waals surface area contributed by atoms with E-state index in [1.165, 1.54) is 16.8 Å². The van der Waals surface area contributed by atoms with Crippen LogP contribution in [0, 0.1) is 6.92 Å². The number of carbonyl (C=O) groups is 1. The summed E-state index contributed by atoms with van der Waals surface area (Å²) in [5.41, 5.74) is 2.58. The molecule has 28 heavy (non-hydrogen) atoms. The number of nitrogens with zero attached hydrogens (tertiary/aromatic N) is 2. The van der Waals surface area contributed by atoms with Gasteiger partial charge in [0.05, 0.1) is 0 Å². The van der Waals surface area contributed by atoms with E-state index in [0.717, 1.165) is 5.56 Å². The first-order chi connectivity index (χ1) is 13.6. The molecule has 2 aromatic carbocycles. The van der Waals surface area contributed by atoms with Crippen LogP contribution in [0.25, 0.3) is 5.65 Å². The second-order valence-electron chi connectivity index (χ2n) is 6.33. The van der Waals surface area contributed by atoms with Crippen molar-refractivity contribution in [2.75, 3.05) is 5.32 Å². The molecule has 0 aliphatic carbocycles. The predicted molar refractivity (Wildman–Crippen MR) is 106 cm³/mol. The van der Waals surface area contributed by atoms with Gasteiger partial charge in [0, 0.05) is 23.6 Å². The molecule has 4 rings (SSSR count). The standard InChI is InChI=1S/C21H18N4O3/c1-14-11-19(26)25-20(23-14)18(12-22-25)21(27)24-16-7-9-17(10-8-16)28-13-15-5-3-2-4-6-15/h2-12,22H,13H2,1H3,(H,24,27). The lowest BCUT2D eigenvalue weighted by Crippen LogP contribution is -2.16. The van der Waals surface area contributed by atoms with E-state index in [9.17, 15) is 9.59 Å². The van der Waals surface area contributed by atoms with Crippen molar-refractivity contribution in [1.82, 2.24) is 14.6 Å². The number of aryl methyl sites for hydroxylation is 1. The van der Waals surface area contributed by atoms with Gasteiger partial charge in [0.15, 0.2) is 5.65 Å². The topological polar surface area (TPSA) is 88.5 Å². The van der Waals surface area contributed by atoms with Crippen molar-refractivity contribution < 1.29 is 9.53 Å².